The fraction of sp³-hybridized carbons (Fsp3) is 0. The number of hydrogen-bond acceptors (Lipinski definition) is 4. The quantitative estimate of drug-likeness (QED) is 0.418. The van der Waals surface area contributed by atoms with Crippen molar-refractivity contribution in [1.29, 1.82) is 0 Å². The van der Waals surface area contributed by atoms with Crippen LogP contribution in [0.4, 0.5) is 0 Å². The Morgan fingerprint density at radius 3 is 2.47 bits per heavy atom. The van der Waals surface area contributed by atoms with Crippen molar-refractivity contribution in [3.05, 3.63) is 65.9 Å². The molecule has 0 spiro atoms. The van der Waals surface area contributed by atoms with Crippen molar-refractivity contribution < 1.29 is 14.7 Å². The molecule has 0 aliphatic carbocycles. The summed E-state index contributed by atoms with van der Waals surface area (Å²) >= 11 is 0. The summed E-state index contributed by atoms with van der Waals surface area (Å²) in [4.78, 5) is 0. The summed E-state index contributed by atoms with van der Waals surface area (Å²) < 4.78 is 5.63. The molecule has 4 heteroatoms. The molecule has 1 aromatic heterocycles. The van der Waals surface area contributed by atoms with Crippen LogP contribution in [0.25, 0.3) is 11.0 Å². The monoisotopic (exact) mass is 253 g/mol. The van der Waals surface area contributed by atoms with E-state index in [1.54, 1.807) is 24.3 Å². The Bertz CT molecular complexity index is 726. The van der Waals surface area contributed by atoms with Crippen molar-refractivity contribution in [1.82, 2.24) is 0 Å². The summed E-state index contributed by atoms with van der Waals surface area (Å²) in [6.07, 6.45) is 0. The van der Waals surface area contributed by atoms with Gasteiger partial charge in [0, 0.05) is 10.9 Å². The third kappa shape index (κ3) is 1.93. The van der Waals surface area contributed by atoms with E-state index in [2.05, 4.69) is 5.16 Å². The smallest absolute Gasteiger partial charge is 0.157 e. The molecule has 0 saturated heterocycles. The van der Waals surface area contributed by atoms with E-state index >= 15 is 0 Å². The summed E-state index contributed by atoms with van der Waals surface area (Å²) in [7, 11) is 0. The average Bonchev–Trinajstić information content (AvgIpc) is 2.85. The largest absolute Gasteiger partial charge is 0.507 e. The van der Waals surface area contributed by atoms with Crippen molar-refractivity contribution in [2.24, 2.45) is 5.16 Å². The molecule has 4 nitrogen and oxygen atoms in total. The first-order valence-electron chi connectivity index (χ1n) is 5.79. The maximum Gasteiger partial charge on any atom is 0.157 e. The Kier molecular flexibility index (Phi) is 2.68. The molecule has 3 rings (SSSR count). The Hall–Kier alpha value is -2.75. The van der Waals surface area contributed by atoms with Crippen molar-refractivity contribution in [3.63, 3.8) is 0 Å². The first-order valence-corrected chi connectivity index (χ1v) is 5.79. The van der Waals surface area contributed by atoms with Gasteiger partial charge in [0.2, 0.25) is 0 Å². The minimum absolute atomic E-state index is 0.0377. The number of aromatic hydroxyl groups is 1. The molecular formula is C15H11NO3. The van der Waals surface area contributed by atoms with Crippen molar-refractivity contribution in [2.45, 2.75) is 0 Å². The minimum Gasteiger partial charge on any atom is -0.507 e. The van der Waals surface area contributed by atoms with E-state index < -0.39 is 0 Å². The van der Waals surface area contributed by atoms with E-state index in [4.69, 9.17) is 4.42 Å². The predicted octanol–water partition coefficient (Wildman–Crippen LogP) is 3.37. The van der Waals surface area contributed by atoms with Crippen LogP contribution in [0.3, 0.4) is 0 Å². The normalized spacial score (nSPS) is 11.9. The Labute approximate surface area is 109 Å². The molecule has 0 fully saturated rings. The Morgan fingerprint density at radius 1 is 1.00 bits per heavy atom. The lowest BCUT2D eigenvalue weighted by molar-refractivity contribution is 0.318. The molecule has 3 aromatic rings. The van der Waals surface area contributed by atoms with Crippen LogP contribution in [0.2, 0.25) is 0 Å². The standard InChI is InChI=1S/C15H11NO3/c17-12-7-3-2-6-11(12)15(16-18)14-9-10-5-1-4-8-13(10)19-14/h1-9,17-18H. The molecule has 0 saturated carbocycles. The lowest BCUT2D eigenvalue weighted by atomic mass is 10.1. The summed E-state index contributed by atoms with van der Waals surface area (Å²) in [6, 6.07) is 15.9. The van der Waals surface area contributed by atoms with Gasteiger partial charge in [0.05, 0.1) is 0 Å². The average molecular weight is 253 g/mol. The number of nitrogens with zero attached hydrogens (tertiary/aromatic N) is 1. The second kappa shape index (κ2) is 4.49. The molecule has 0 radical (unpaired) electrons. The third-order valence-electron chi connectivity index (χ3n) is 2.92. The van der Waals surface area contributed by atoms with Crippen LogP contribution in [-0.4, -0.2) is 16.0 Å². The molecule has 0 unspecified atom stereocenters. The van der Waals surface area contributed by atoms with Gasteiger partial charge in [-0.3, -0.25) is 0 Å². The maximum absolute atomic E-state index is 9.81. The summed E-state index contributed by atoms with van der Waals surface area (Å²) in [5, 5.41) is 23.2. The summed E-state index contributed by atoms with van der Waals surface area (Å²) in [5.41, 5.74) is 1.33. The van der Waals surface area contributed by atoms with Gasteiger partial charge in [-0.05, 0) is 24.3 Å². The molecule has 0 bridgehead atoms. The van der Waals surface area contributed by atoms with Gasteiger partial charge < -0.3 is 14.7 Å². The van der Waals surface area contributed by atoms with E-state index in [1.807, 2.05) is 24.3 Å². The third-order valence-corrected chi connectivity index (χ3v) is 2.92. The van der Waals surface area contributed by atoms with Crippen LogP contribution in [0.15, 0.2) is 64.2 Å². The predicted molar refractivity (Wildman–Crippen MR) is 71.7 cm³/mol. The van der Waals surface area contributed by atoms with E-state index in [9.17, 15) is 10.3 Å². The molecule has 0 aliphatic heterocycles. The molecule has 2 aromatic carbocycles. The van der Waals surface area contributed by atoms with Crippen LogP contribution >= 0.6 is 0 Å². The van der Waals surface area contributed by atoms with Crippen molar-refractivity contribution >= 4 is 16.7 Å². The molecule has 0 aliphatic rings. The molecule has 1 heterocycles. The van der Waals surface area contributed by atoms with Gasteiger partial charge in [-0.15, -0.1) is 0 Å². The van der Waals surface area contributed by atoms with Crippen LogP contribution in [-0.2, 0) is 0 Å². The maximum atomic E-state index is 9.81. The molecule has 19 heavy (non-hydrogen) atoms. The number of phenolic OH excluding ortho intramolecular Hbond substituents is 1. The van der Waals surface area contributed by atoms with E-state index in [0.29, 0.717) is 16.9 Å². The van der Waals surface area contributed by atoms with E-state index in [0.717, 1.165) is 5.39 Å². The number of rotatable bonds is 2. The van der Waals surface area contributed by atoms with E-state index in [1.165, 1.54) is 6.07 Å². The number of oxime groups is 1. The Balaban J connectivity index is 2.16. The fourth-order valence-electron chi connectivity index (χ4n) is 2.01. The van der Waals surface area contributed by atoms with Crippen molar-refractivity contribution in [3.8, 4) is 5.75 Å². The number of benzene rings is 2. The number of para-hydroxylation sites is 2. The first kappa shape index (κ1) is 11.3. The summed E-state index contributed by atoms with van der Waals surface area (Å²) in [5.74, 6) is 0.445. The van der Waals surface area contributed by atoms with Crippen LogP contribution in [0.1, 0.15) is 11.3 Å². The molecular weight excluding hydrogens is 242 g/mol. The first-order chi connectivity index (χ1) is 9.29. The highest BCUT2D eigenvalue weighted by Gasteiger charge is 2.16. The number of phenols is 1. The fourth-order valence-corrected chi connectivity index (χ4v) is 2.01. The molecule has 0 atom stereocenters. The van der Waals surface area contributed by atoms with Gasteiger partial charge in [0.15, 0.2) is 11.5 Å². The van der Waals surface area contributed by atoms with Gasteiger partial charge in [-0.25, -0.2) is 0 Å². The zero-order valence-electron chi connectivity index (χ0n) is 9.95. The van der Waals surface area contributed by atoms with Gasteiger partial charge in [0.25, 0.3) is 0 Å². The van der Waals surface area contributed by atoms with Crippen LogP contribution in [0.5, 0.6) is 5.75 Å². The van der Waals surface area contributed by atoms with Gasteiger partial charge in [-0.2, -0.15) is 0 Å². The Morgan fingerprint density at radius 2 is 1.74 bits per heavy atom. The van der Waals surface area contributed by atoms with Crippen molar-refractivity contribution in [2.75, 3.05) is 0 Å². The highest BCUT2D eigenvalue weighted by atomic mass is 16.4. The second-order valence-corrected chi connectivity index (χ2v) is 4.11. The highest BCUT2D eigenvalue weighted by molar-refractivity contribution is 6.13. The minimum atomic E-state index is 0.0377. The highest BCUT2D eigenvalue weighted by Crippen LogP contribution is 2.25. The van der Waals surface area contributed by atoms with Gasteiger partial charge in [-0.1, -0.05) is 35.5 Å². The van der Waals surface area contributed by atoms with Crippen LogP contribution in [0, 0.1) is 0 Å². The topological polar surface area (TPSA) is 66.0 Å². The number of hydrogen-bond donors (Lipinski definition) is 2. The molecule has 94 valence electrons. The van der Waals surface area contributed by atoms with Gasteiger partial charge >= 0.3 is 0 Å². The second-order valence-electron chi connectivity index (χ2n) is 4.11. The van der Waals surface area contributed by atoms with Gasteiger partial charge in [0.1, 0.15) is 11.3 Å². The SMILES string of the molecule is ON=C(c1cc2ccccc2o1)c1ccccc1O. The zero-order chi connectivity index (χ0) is 13.2. The molecule has 0 amide bonds. The lowest BCUT2D eigenvalue weighted by Crippen LogP contribution is -2.01. The number of fused-ring (bicyclic) bond motifs is 1. The molecule has 2 N–H and O–H groups in total. The number of furan rings is 1. The zero-order valence-corrected chi connectivity index (χ0v) is 9.95. The van der Waals surface area contributed by atoms with E-state index in [-0.39, 0.29) is 11.5 Å². The lowest BCUT2D eigenvalue weighted by Gasteiger charge is -2.03. The van der Waals surface area contributed by atoms with Crippen LogP contribution < -0.4 is 0 Å². The summed E-state index contributed by atoms with van der Waals surface area (Å²) in [6.45, 7) is 0.